The third-order valence-corrected chi connectivity index (χ3v) is 3.02. The van der Waals surface area contributed by atoms with Crippen molar-refractivity contribution in [2.75, 3.05) is 0 Å². The number of nitrogens with one attached hydrogen (secondary N) is 1. The lowest BCUT2D eigenvalue weighted by Gasteiger charge is -1.93. The van der Waals surface area contributed by atoms with Crippen LogP contribution in [0.25, 0.3) is 22.2 Å². The lowest BCUT2D eigenvalue weighted by atomic mass is 10.1. The van der Waals surface area contributed by atoms with Gasteiger partial charge in [0.1, 0.15) is 0 Å². The van der Waals surface area contributed by atoms with Crippen LogP contribution >= 0.6 is 0 Å². The second-order valence-electron chi connectivity index (χ2n) is 4.15. The van der Waals surface area contributed by atoms with E-state index >= 15 is 0 Å². The molecule has 0 aliphatic heterocycles. The Morgan fingerprint density at radius 1 is 1.35 bits per heavy atom. The number of nitrogens with zero attached hydrogens (tertiary/aromatic N) is 2. The maximum Gasteiger partial charge on any atom is 0.0945 e. The number of hydrogen-bond acceptors (Lipinski definition) is 2. The van der Waals surface area contributed by atoms with Gasteiger partial charge >= 0.3 is 0 Å². The molecule has 17 heavy (non-hydrogen) atoms. The predicted octanol–water partition coefficient (Wildman–Crippen LogP) is 2.03. The minimum Gasteiger partial charge on any atom is -0.350 e. The van der Waals surface area contributed by atoms with Crippen molar-refractivity contribution in [1.29, 1.82) is 0 Å². The molecule has 3 rings (SSSR count). The lowest BCUT2D eigenvalue weighted by Crippen LogP contribution is -1.95. The summed E-state index contributed by atoms with van der Waals surface area (Å²) in [6, 6.07) is 10.3. The quantitative estimate of drug-likeness (QED) is 0.702. The highest BCUT2D eigenvalue weighted by Gasteiger charge is 2.10. The van der Waals surface area contributed by atoms with Gasteiger partial charge in [0.25, 0.3) is 0 Å². The fourth-order valence-corrected chi connectivity index (χ4v) is 2.15. The number of rotatable bonds is 2. The predicted molar refractivity (Wildman–Crippen MR) is 68.4 cm³/mol. The number of H-pyrrole nitrogens is 1. The number of aryl methyl sites for hydroxylation is 1. The van der Waals surface area contributed by atoms with Crippen LogP contribution in [-0.4, -0.2) is 14.8 Å². The molecule has 2 heterocycles. The average Bonchev–Trinajstić information content (AvgIpc) is 2.95. The Hall–Kier alpha value is -2.07. The first-order valence-electron chi connectivity index (χ1n) is 5.58. The van der Waals surface area contributed by atoms with Crippen LogP contribution < -0.4 is 5.73 Å². The molecule has 0 saturated heterocycles. The van der Waals surface area contributed by atoms with Crippen LogP contribution in [0.1, 0.15) is 5.69 Å². The van der Waals surface area contributed by atoms with E-state index in [-0.39, 0.29) is 0 Å². The molecule has 0 aliphatic carbocycles. The molecule has 3 N–H and O–H groups in total. The minimum absolute atomic E-state index is 0.484. The van der Waals surface area contributed by atoms with Gasteiger partial charge in [-0.15, -0.1) is 0 Å². The third kappa shape index (κ3) is 1.54. The Bertz CT molecular complexity index is 663. The van der Waals surface area contributed by atoms with Crippen molar-refractivity contribution in [1.82, 2.24) is 14.8 Å². The normalized spacial score (nSPS) is 11.2. The van der Waals surface area contributed by atoms with E-state index in [4.69, 9.17) is 5.73 Å². The molecule has 2 aromatic heterocycles. The molecule has 0 aliphatic rings. The molecule has 1 aromatic carbocycles. The van der Waals surface area contributed by atoms with Crippen molar-refractivity contribution in [3.05, 3.63) is 42.2 Å². The highest BCUT2D eigenvalue weighted by atomic mass is 15.1. The number of para-hydroxylation sites is 1. The number of nitrogens with two attached hydrogens (primary N) is 1. The topological polar surface area (TPSA) is 59.6 Å². The Balaban J connectivity index is 2.23. The summed E-state index contributed by atoms with van der Waals surface area (Å²) in [6.07, 6.45) is 2.10. The number of benzene rings is 1. The average molecular weight is 226 g/mol. The van der Waals surface area contributed by atoms with Gasteiger partial charge in [0.05, 0.1) is 5.69 Å². The summed E-state index contributed by atoms with van der Waals surface area (Å²) in [5.74, 6) is 0. The molecular weight excluding hydrogens is 212 g/mol. The number of fused-ring (bicyclic) bond motifs is 1. The van der Waals surface area contributed by atoms with Crippen LogP contribution in [0.5, 0.6) is 0 Å². The van der Waals surface area contributed by atoms with Gasteiger partial charge in [-0.2, -0.15) is 5.10 Å². The molecule has 3 aromatic rings. The highest BCUT2D eigenvalue weighted by molar-refractivity contribution is 5.95. The van der Waals surface area contributed by atoms with Gasteiger partial charge in [-0.3, -0.25) is 5.10 Å². The second kappa shape index (κ2) is 3.75. The molecule has 4 nitrogen and oxygen atoms in total. The van der Waals surface area contributed by atoms with Crippen molar-refractivity contribution in [3.8, 4) is 11.3 Å². The third-order valence-electron chi connectivity index (χ3n) is 3.02. The first kappa shape index (κ1) is 10.1. The molecule has 0 bridgehead atoms. The van der Waals surface area contributed by atoms with E-state index in [1.54, 1.807) is 0 Å². The van der Waals surface area contributed by atoms with Crippen molar-refractivity contribution < 1.29 is 0 Å². The fraction of sp³-hybridized carbons (Fsp3) is 0.154. The Morgan fingerprint density at radius 2 is 2.18 bits per heavy atom. The van der Waals surface area contributed by atoms with Crippen LogP contribution in [0.3, 0.4) is 0 Å². The van der Waals surface area contributed by atoms with Crippen LogP contribution in [0.15, 0.2) is 36.5 Å². The van der Waals surface area contributed by atoms with E-state index in [1.165, 1.54) is 10.9 Å². The monoisotopic (exact) mass is 226 g/mol. The summed E-state index contributed by atoms with van der Waals surface area (Å²) in [7, 11) is 2.04. The zero-order valence-corrected chi connectivity index (χ0v) is 9.64. The van der Waals surface area contributed by atoms with Gasteiger partial charge in [-0.1, -0.05) is 18.2 Å². The molecule has 0 amide bonds. The summed E-state index contributed by atoms with van der Waals surface area (Å²) < 4.78 is 2.11. The summed E-state index contributed by atoms with van der Waals surface area (Å²) in [5.41, 5.74) is 9.83. The summed E-state index contributed by atoms with van der Waals surface area (Å²) in [6.45, 7) is 0.484. The Kier molecular flexibility index (Phi) is 2.23. The van der Waals surface area contributed by atoms with Crippen molar-refractivity contribution in [2.24, 2.45) is 12.8 Å². The van der Waals surface area contributed by atoms with E-state index in [9.17, 15) is 0 Å². The van der Waals surface area contributed by atoms with E-state index in [2.05, 4.69) is 33.1 Å². The Labute approximate surface area is 99.1 Å². The smallest absolute Gasteiger partial charge is 0.0945 e. The van der Waals surface area contributed by atoms with Crippen LogP contribution in [0.2, 0.25) is 0 Å². The van der Waals surface area contributed by atoms with Gasteiger partial charge in [-0.05, 0) is 12.1 Å². The second-order valence-corrected chi connectivity index (χ2v) is 4.15. The van der Waals surface area contributed by atoms with E-state index in [0.717, 1.165) is 17.0 Å². The largest absolute Gasteiger partial charge is 0.350 e. The minimum atomic E-state index is 0.484. The number of aromatic amines is 1. The van der Waals surface area contributed by atoms with E-state index in [0.29, 0.717) is 6.54 Å². The first-order chi connectivity index (χ1) is 8.29. The molecule has 0 unspecified atom stereocenters. The summed E-state index contributed by atoms with van der Waals surface area (Å²) in [5, 5.41) is 8.46. The fourth-order valence-electron chi connectivity index (χ4n) is 2.15. The van der Waals surface area contributed by atoms with Gasteiger partial charge in [0.15, 0.2) is 0 Å². The first-order valence-corrected chi connectivity index (χ1v) is 5.58. The Morgan fingerprint density at radius 3 is 2.94 bits per heavy atom. The van der Waals surface area contributed by atoms with E-state index in [1.807, 2.05) is 25.2 Å². The zero-order valence-electron chi connectivity index (χ0n) is 9.64. The molecule has 86 valence electrons. The van der Waals surface area contributed by atoms with Gasteiger partial charge < -0.3 is 10.3 Å². The molecule has 4 heteroatoms. The molecule has 0 fully saturated rings. The summed E-state index contributed by atoms with van der Waals surface area (Å²) in [4.78, 5) is 0. The van der Waals surface area contributed by atoms with Crippen molar-refractivity contribution in [3.63, 3.8) is 0 Å². The molecule has 0 spiro atoms. The zero-order chi connectivity index (χ0) is 11.8. The van der Waals surface area contributed by atoms with Crippen molar-refractivity contribution in [2.45, 2.75) is 6.54 Å². The van der Waals surface area contributed by atoms with Gasteiger partial charge in [0, 0.05) is 41.9 Å². The maximum atomic E-state index is 5.58. The maximum absolute atomic E-state index is 5.58. The molecular formula is C13H14N4. The van der Waals surface area contributed by atoms with Gasteiger partial charge in [-0.25, -0.2) is 0 Å². The standard InChI is InChI=1S/C13H14N4/c1-17-8-11(10-4-2-3-5-13(10)17)12-6-9(7-14)15-16-12/h2-6,8H,7,14H2,1H3,(H,15,16). The number of aromatic nitrogens is 3. The lowest BCUT2D eigenvalue weighted by molar-refractivity contribution is 0.947. The van der Waals surface area contributed by atoms with Crippen molar-refractivity contribution >= 4 is 10.9 Å². The summed E-state index contributed by atoms with van der Waals surface area (Å²) >= 11 is 0. The van der Waals surface area contributed by atoms with Gasteiger partial charge in [0.2, 0.25) is 0 Å². The molecule has 0 atom stereocenters. The van der Waals surface area contributed by atoms with Crippen LogP contribution in [0, 0.1) is 0 Å². The molecule has 0 radical (unpaired) electrons. The van der Waals surface area contributed by atoms with Crippen LogP contribution in [-0.2, 0) is 13.6 Å². The van der Waals surface area contributed by atoms with Crippen LogP contribution in [0.4, 0.5) is 0 Å². The molecule has 0 saturated carbocycles. The number of hydrogen-bond donors (Lipinski definition) is 2. The highest BCUT2D eigenvalue weighted by Crippen LogP contribution is 2.28. The SMILES string of the molecule is Cn1cc(-c2cc(CN)[nH]n2)c2ccccc21. The van der Waals surface area contributed by atoms with E-state index < -0.39 is 0 Å².